The Balaban J connectivity index is 1.23. The average molecular weight is 377 g/mol. The van der Waals surface area contributed by atoms with E-state index in [1.807, 2.05) is 36.4 Å². The topological polar surface area (TPSA) is 85.0 Å². The van der Waals surface area contributed by atoms with E-state index in [0.717, 1.165) is 28.3 Å². The fourth-order valence-corrected chi connectivity index (χ4v) is 3.70. The summed E-state index contributed by atoms with van der Waals surface area (Å²) in [5.41, 5.74) is 3.34. The summed E-state index contributed by atoms with van der Waals surface area (Å²) in [4.78, 5) is 18.9. The van der Waals surface area contributed by atoms with Crippen molar-refractivity contribution in [3.8, 4) is 0 Å². The molecule has 4 aromatic rings. The lowest BCUT2D eigenvalue weighted by Gasteiger charge is -2.37. The lowest BCUT2D eigenvalue weighted by Crippen LogP contribution is -2.48. The van der Waals surface area contributed by atoms with Gasteiger partial charge in [0, 0.05) is 25.1 Å². The molecule has 0 radical (unpaired) electrons. The number of aromatic nitrogens is 4. The van der Waals surface area contributed by atoms with Crippen molar-refractivity contribution < 1.29 is 9.32 Å². The van der Waals surface area contributed by atoms with Gasteiger partial charge in [-0.25, -0.2) is 0 Å². The van der Waals surface area contributed by atoms with Crippen LogP contribution in [0.25, 0.3) is 11.0 Å². The summed E-state index contributed by atoms with van der Waals surface area (Å²) in [6.45, 7) is 1.16. The van der Waals surface area contributed by atoms with Crippen molar-refractivity contribution in [1.29, 1.82) is 0 Å². The van der Waals surface area contributed by atoms with Crippen LogP contribution in [0.2, 0.25) is 0 Å². The number of nitrogens with zero attached hydrogens (tertiary/aromatic N) is 5. The molecule has 0 atom stereocenters. The molecule has 7 nitrogen and oxygen atoms in total. The number of hydrogen-bond donors (Lipinski definition) is 0. The fourth-order valence-electron chi connectivity index (χ4n) is 3.18. The minimum absolute atomic E-state index is 0.00910. The Kier molecular flexibility index (Phi) is 3.90. The van der Waals surface area contributed by atoms with E-state index in [-0.39, 0.29) is 11.8 Å². The lowest BCUT2D eigenvalue weighted by molar-refractivity contribution is 0.0569. The van der Waals surface area contributed by atoms with Crippen LogP contribution in [0.3, 0.4) is 0 Å². The second kappa shape index (κ2) is 6.55. The van der Waals surface area contributed by atoms with E-state index >= 15 is 0 Å². The van der Waals surface area contributed by atoms with Crippen LogP contribution in [0.15, 0.2) is 53.1 Å². The van der Waals surface area contributed by atoms with E-state index in [4.69, 9.17) is 4.52 Å². The summed E-state index contributed by atoms with van der Waals surface area (Å²) in [6.07, 6.45) is 0.640. The molecule has 0 aliphatic carbocycles. The van der Waals surface area contributed by atoms with Crippen molar-refractivity contribution in [3.05, 3.63) is 71.4 Å². The Labute approximate surface area is 159 Å². The predicted molar refractivity (Wildman–Crippen MR) is 99.6 cm³/mol. The van der Waals surface area contributed by atoms with Gasteiger partial charge in [-0.1, -0.05) is 35.5 Å². The molecule has 1 amide bonds. The van der Waals surface area contributed by atoms with Crippen molar-refractivity contribution >= 4 is 28.7 Å². The van der Waals surface area contributed by atoms with Gasteiger partial charge >= 0.3 is 0 Å². The van der Waals surface area contributed by atoms with E-state index in [9.17, 15) is 4.79 Å². The number of likely N-dealkylation sites (tertiary alicyclic amines) is 1. The van der Waals surface area contributed by atoms with Gasteiger partial charge in [-0.05, 0) is 23.8 Å². The summed E-state index contributed by atoms with van der Waals surface area (Å²) in [5, 5.41) is 4.07. The van der Waals surface area contributed by atoms with E-state index in [1.54, 1.807) is 17.0 Å². The molecule has 2 aromatic heterocycles. The second-order valence-corrected chi connectivity index (χ2v) is 7.11. The van der Waals surface area contributed by atoms with Crippen molar-refractivity contribution in [2.24, 2.45) is 0 Å². The maximum atomic E-state index is 12.6. The first kappa shape index (κ1) is 16.1. The molecule has 1 saturated heterocycles. The molecule has 0 saturated carbocycles. The third-order valence-electron chi connectivity index (χ3n) is 4.71. The number of carbonyl (C=O) groups is 1. The zero-order valence-corrected chi connectivity index (χ0v) is 15.1. The zero-order valence-electron chi connectivity index (χ0n) is 14.3. The number of rotatable bonds is 4. The number of benzene rings is 2. The molecular formula is C19H15N5O2S. The summed E-state index contributed by atoms with van der Waals surface area (Å²) in [5.74, 6) is 1.35. The molecule has 27 heavy (non-hydrogen) atoms. The highest BCUT2D eigenvalue weighted by molar-refractivity contribution is 7.00. The van der Waals surface area contributed by atoms with Gasteiger partial charge in [0.25, 0.3) is 5.91 Å². The van der Waals surface area contributed by atoms with Gasteiger partial charge in [-0.15, -0.1) is 0 Å². The van der Waals surface area contributed by atoms with Gasteiger partial charge in [0.1, 0.15) is 11.0 Å². The molecule has 0 bridgehead atoms. The standard InChI is InChI=1S/C19H15N5O2S/c25-19(13-6-7-15-16(9-13)23-27-22-15)24-10-14(11-24)18-20-17(21-26-18)8-12-4-2-1-3-5-12/h1-7,9,14H,8,10-11H2. The van der Waals surface area contributed by atoms with E-state index in [2.05, 4.69) is 18.9 Å². The third-order valence-corrected chi connectivity index (χ3v) is 5.26. The van der Waals surface area contributed by atoms with Crippen LogP contribution in [0.5, 0.6) is 0 Å². The van der Waals surface area contributed by atoms with E-state index < -0.39 is 0 Å². The molecule has 1 aliphatic rings. The van der Waals surface area contributed by atoms with Crippen molar-refractivity contribution in [2.45, 2.75) is 12.3 Å². The first-order valence-corrected chi connectivity index (χ1v) is 9.37. The highest BCUT2D eigenvalue weighted by Crippen LogP contribution is 2.28. The molecule has 3 heterocycles. The van der Waals surface area contributed by atoms with Crippen LogP contribution in [0, 0.1) is 0 Å². The molecular weight excluding hydrogens is 362 g/mol. The van der Waals surface area contributed by atoms with Gasteiger partial charge in [-0.3, -0.25) is 4.79 Å². The van der Waals surface area contributed by atoms with Crippen molar-refractivity contribution in [1.82, 2.24) is 23.8 Å². The van der Waals surface area contributed by atoms with Crippen LogP contribution in [-0.2, 0) is 6.42 Å². The van der Waals surface area contributed by atoms with Gasteiger partial charge < -0.3 is 9.42 Å². The monoisotopic (exact) mass is 377 g/mol. The maximum absolute atomic E-state index is 12.6. The molecule has 1 aliphatic heterocycles. The third kappa shape index (κ3) is 3.08. The van der Waals surface area contributed by atoms with E-state index in [0.29, 0.717) is 36.8 Å². The minimum atomic E-state index is -0.00910. The van der Waals surface area contributed by atoms with Crippen molar-refractivity contribution in [3.63, 3.8) is 0 Å². The normalized spacial score (nSPS) is 14.4. The molecule has 134 valence electrons. The summed E-state index contributed by atoms with van der Waals surface area (Å²) >= 11 is 1.15. The van der Waals surface area contributed by atoms with Crippen LogP contribution in [-0.4, -0.2) is 42.8 Å². The zero-order chi connectivity index (χ0) is 18.2. The summed E-state index contributed by atoms with van der Waals surface area (Å²) in [7, 11) is 0. The molecule has 0 unspecified atom stereocenters. The summed E-state index contributed by atoms with van der Waals surface area (Å²) in [6, 6.07) is 15.5. The number of carbonyl (C=O) groups excluding carboxylic acids is 1. The highest BCUT2D eigenvalue weighted by Gasteiger charge is 2.36. The summed E-state index contributed by atoms with van der Waals surface area (Å²) < 4.78 is 13.8. The van der Waals surface area contributed by atoms with Crippen LogP contribution >= 0.6 is 11.7 Å². The fraction of sp³-hybridized carbons (Fsp3) is 0.211. The number of hydrogen-bond acceptors (Lipinski definition) is 7. The van der Waals surface area contributed by atoms with Gasteiger partial charge in [-0.2, -0.15) is 13.7 Å². The number of amides is 1. The highest BCUT2D eigenvalue weighted by atomic mass is 32.1. The van der Waals surface area contributed by atoms with Crippen LogP contribution in [0.4, 0.5) is 0 Å². The predicted octanol–water partition coefficient (Wildman–Crippen LogP) is 2.90. The molecule has 8 heteroatoms. The lowest BCUT2D eigenvalue weighted by atomic mass is 9.98. The molecule has 1 fully saturated rings. The first-order chi connectivity index (χ1) is 13.3. The Morgan fingerprint density at radius 3 is 2.78 bits per heavy atom. The largest absolute Gasteiger partial charge is 0.339 e. The molecule has 5 rings (SSSR count). The Bertz CT molecular complexity index is 1100. The second-order valence-electron chi connectivity index (χ2n) is 6.59. The maximum Gasteiger partial charge on any atom is 0.253 e. The van der Waals surface area contributed by atoms with Gasteiger partial charge in [0.15, 0.2) is 5.82 Å². The number of fused-ring (bicyclic) bond motifs is 1. The Morgan fingerprint density at radius 1 is 1.11 bits per heavy atom. The SMILES string of the molecule is O=C(c1ccc2nsnc2c1)N1CC(c2nc(Cc3ccccc3)no2)C1. The quantitative estimate of drug-likeness (QED) is 0.544. The Morgan fingerprint density at radius 2 is 1.93 bits per heavy atom. The minimum Gasteiger partial charge on any atom is -0.339 e. The first-order valence-electron chi connectivity index (χ1n) is 8.64. The Hall–Kier alpha value is -3.13. The van der Waals surface area contributed by atoms with Crippen LogP contribution in [0.1, 0.15) is 33.6 Å². The smallest absolute Gasteiger partial charge is 0.253 e. The van der Waals surface area contributed by atoms with E-state index in [1.165, 1.54) is 0 Å². The molecule has 2 aromatic carbocycles. The van der Waals surface area contributed by atoms with Crippen LogP contribution < -0.4 is 0 Å². The van der Waals surface area contributed by atoms with Gasteiger partial charge in [0.2, 0.25) is 5.89 Å². The van der Waals surface area contributed by atoms with Crippen molar-refractivity contribution in [2.75, 3.05) is 13.1 Å². The average Bonchev–Trinajstić information content (AvgIpc) is 3.30. The molecule has 0 N–H and O–H groups in total. The van der Waals surface area contributed by atoms with Gasteiger partial charge in [0.05, 0.1) is 17.6 Å². The molecule has 0 spiro atoms.